The van der Waals surface area contributed by atoms with Crippen LogP contribution in [0.3, 0.4) is 0 Å². The molecule has 1 atom stereocenters. The van der Waals surface area contributed by atoms with Crippen molar-refractivity contribution in [2.24, 2.45) is 0 Å². The molecular formula is C3H8O4PY2-. The van der Waals surface area contributed by atoms with E-state index in [9.17, 15) is 4.57 Å². The minimum absolute atomic E-state index is 0. The molecule has 0 aliphatic rings. The Hall–Kier alpha value is 2.32. The van der Waals surface area contributed by atoms with Gasteiger partial charge in [-0.2, -0.15) is 0 Å². The third kappa shape index (κ3) is 10.3. The predicted molar refractivity (Wildman–Crippen MR) is 27.9 cm³/mol. The number of hydrogen-bond acceptors (Lipinski definition) is 3. The Balaban J connectivity index is -0.000000245. The van der Waals surface area contributed by atoms with E-state index in [4.69, 9.17) is 4.89 Å². The minimum atomic E-state index is -3.78. The van der Waals surface area contributed by atoms with E-state index in [0.717, 1.165) is 0 Å². The van der Waals surface area contributed by atoms with Crippen molar-refractivity contribution >= 4 is 7.82 Å². The number of hydrogen-bond donors (Lipinski definition) is 1. The van der Waals surface area contributed by atoms with Crippen molar-refractivity contribution in [3.05, 3.63) is 7.11 Å². The molecule has 10 heavy (non-hydrogen) atoms. The van der Waals surface area contributed by atoms with Crippen LogP contribution in [0.1, 0.15) is 6.92 Å². The molecule has 0 aliphatic heterocycles. The van der Waals surface area contributed by atoms with Gasteiger partial charge >= 0.3 is 7.82 Å². The SMILES string of the molecule is [CH2-]OP(=O)(O)OCC.[Y].[Y]. The molecule has 2 radical (unpaired) electrons. The Morgan fingerprint density at radius 1 is 1.60 bits per heavy atom. The zero-order chi connectivity index (χ0) is 6.62. The summed E-state index contributed by atoms with van der Waals surface area (Å²) in [5, 5.41) is 0. The Bertz CT molecular complexity index is 109. The maximum Gasteiger partial charge on any atom is 0.441 e. The Morgan fingerprint density at radius 3 is 2.10 bits per heavy atom. The van der Waals surface area contributed by atoms with Crippen LogP contribution in [0, 0.1) is 7.11 Å². The predicted octanol–water partition coefficient (Wildman–Crippen LogP) is 0.926. The summed E-state index contributed by atoms with van der Waals surface area (Å²) in [6.45, 7) is 1.73. The fourth-order valence-electron chi connectivity index (χ4n) is 0.200. The van der Waals surface area contributed by atoms with Gasteiger partial charge in [0.2, 0.25) is 0 Å². The number of phosphoric acid groups is 1. The normalized spacial score (nSPS) is 14.3. The van der Waals surface area contributed by atoms with Crippen LogP contribution in [-0.4, -0.2) is 11.5 Å². The Labute approximate surface area is 111 Å². The standard InChI is InChI=1S/C3H8O4P.2Y/c1-3-7-8(4,5)6-2;;/h2-3H2,1H3,(H,4,5);;/q-1;;. The molecular weight excluding hydrogens is 309 g/mol. The molecule has 1 N–H and O–H groups in total. The Kier molecular flexibility index (Phi) is 17.1. The second kappa shape index (κ2) is 9.41. The minimum Gasteiger partial charge on any atom is -0.467 e. The monoisotopic (exact) mass is 317 g/mol. The van der Waals surface area contributed by atoms with Gasteiger partial charge in [0.05, 0.1) is 6.61 Å². The maximum absolute atomic E-state index is 10.2. The molecule has 0 saturated carbocycles. The molecule has 56 valence electrons. The summed E-state index contributed by atoms with van der Waals surface area (Å²) in [6, 6.07) is 0. The summed E-state index contributed by atoms with van der Waals surface area (Å²) in [5.41, 5.74) is 0. The van der Waals surface area contributed by atoms with E-state index in [2.05, 4.69) is 16.2 Å². The van der Waals surface area contributed by atoms with E-state index in [-0.39, 0.29) is 72.0 Å². The smallest absolute Gasteiger partial charge is 0.441 e. The summed E-state index contributed by atoms with van der Waals surface area (Å²) in [7, 11) is -1.05. The summed E-state index contributed by atoms with van der Waals surface area (Å²) in [5.74, 6) is 0. The summed E-state index contributed by atoms with van der Waals surface area (Å²) < 4.78 is 18.3. The van der Waals surface area contributed by atoms with E-state index in [0.29, 0.717) is 0 Å². The molecule has 0 aromatic carbocycles. The van der Waals surface area contributed by atoms with Gasteiger partial charge in [-0.1, -0.05) is 0 Å². The van der Waals surface area contributed by atoms with Crippen LogP contribution in [0.25, 0.3) is 0 Å². The van der Waals surface area contributed by atoms with Crippen LogP contribution in [0.15, 0.2) is 0 Å². The third-order valence-corrected chi connectivity index (χ3v) is 1.37. The first kappa shape index (κ1) is 18.2. The van der Waals surface area contributed by atoms with Gasteiger partial charge < -0.3 is 9.42 Å². The first-order valence-corrected chi connectivity index (χ1v) is 3.53. The average molecular weight is 317 g/mol. The summed E-state index contributed by atoms with van der Waals surface area (Å²) in [6.07, 6.45) is 0. The number of phosphoric ester groups is 1. The molecule has 0 spiro atoms. The van der Waals surface area contributed by atoms with Crippen molar-refractivity contribution in [3.8, 4) is 0 Å². The second-order valence-electron chi connectivity index (χ2n) is 1.02. The van der Waals surface area contributed by atoms with Crippen molar-refractivity contribution in [3.63, 3.8) is 0 Å². The second-order valence-corrected chi connectivity index (χ2v) is 2.47. The number of rotatable bonds is 3. The van der Waals surface area contributed by atoms with Crippen LogP contribution in [0.2, 0.25) is 0 Å². The van der Waals surface area contributed by atoms with Crippen LogP contribution >= 0.6 is 7.82 Å². The topological polar surface area (TPSA) is 55.8 Å². The molecule has 0 bridgehead atoms. The van der Waals surface area contributed by atoms with Gasteiger partial charge in [0.25, 0.3) is 0 Å². The van der Waals surface area contributed by atoms with E-state index < -0.39 is 7.82 Å². The molecule has 0 aliphatic carbocycles. The largest absolute Gasteiger partial charge is 0.467 e. The maximum atomic E-state index is 10.2. The molecule has 1 unspecified atom stereocenters. The molecule has 0 heterocycles. The van der Waals surface area contributed by atoms with Crippen LogP contribution in [0.5, 0.6) is 0 Å². The van der Waals surface area contributed by atoms with E-state index >= 15 is 0 Å². The molecule has 0 aromatic heterocycles. The Morgan fingerprint density at radius 2 is 2.00 bits per heavy atom. The van der Waals surface area contributed by atoms with E-state index in [1.807, 2.05) is 0 Å². The fourth-order valence-corrected chi connectivity index (χ4v) is 0.601. The third-order valence-electron chi connectivity index (χ3n) is 0.455. The molecule has 4 nitrogen and oxygen atoms in total. The van der Waals surface area contributed by atoms with E-state index in [1.54, 1.807) is 6.92 Å². The zero-order valence-electron chi connectivity index (χ0n) is 5.69. The van der Waals surface area contributed by atoms with Crippen LogP contribution in [0.4, 0.5) is 0 Å². The molecule has 0 aromatic rings. The first-order valence-electron chi connectivity index (χ1n) is 2.03. The van der Waals surface area contributed by atoms with Crippen LogP contribution < -0.4 is 0 Å². The molecule has 0 rings (SSSR count). The average Bonchev–Trinajstić information content (AvgIpc) is 1.67. The molecule has 7 heteroatoms. The molecule has 0 saturated heterocycles. The van der Waals surface area contributed by atoms with Gasteiger partial charge in [0.15, 0.2) is 0 Å². The van der Waals surface area contributed by atoms with Gasteiger partial charge in [0, 0.05) is 65.4 Å². The van der Waals surface area contributed by atoms with Crippen molar-refractivity contribution in [1.29, 1.82) is 0 Å². The summed E-state index contributed by atoms with van der Waals surface area (Å²) >= 11 is 0. The van der Waals surface area contributed by atoms with Crippen molar-refractivity contribution in [2.75, 3.05) is 6.61 Å². The van der Waals surface area contributed by atoms with Gasteiger partial charge in [-0.25, -0.2) is 11.7 Å². The van der Waals surface area contributed by atoms with Gasteiger partial charge in [-0.05, 0) is 6.92 Å². The first-order chi connectivity index (χ1) is 3.62. The quantitative estimate of drug-likeness (QED) is 0.621. The zero-order valence-corrected chi connectivity index (χ0v) is 12.3. The van der Waals surface area contributed by atoms with Crippen molar-refractivity contribution in [1.82, 2.24) is 0 Å². The van der Waals surface area contributed by atoms with Gasteiger partial charge in [-0.15, -0.1) is 0 Å². The molecule has 0 fully saturated rings. The molecule has 0 amide bonds. The van der Waals surface area contributed by atoms with Crippen molar-refractivity contribution in [2.45, 2.75) is 6.92 Å². The van der Waals surface area contributed by atoms with Crippen molar-refractivity contribution < 1.29 is 83.9 Å². The summed E-state index contributed by atoms with van der Waals surface area (Å²) in [4.78, 5) is 8.37. The van der Waals surface area contributed by atoms with Gasteiger partial charge in [-0.3, -0.25) is 4.52 Å². The van der Waals surface area contributed by atoms with Crippen LogP contribution in [-0.2, 0) is 79.0 Å². The van der Waals surface area contributed by atoms with Gasteiger partial charge in [0.1, 0.15) is 0 Å². The fraction of sp³-hybridized carbons (Fsp3) is 0.667. The van der Waals surface area contributed by atoms with E-state index in [1.165, 1.54) is 0 Å².